The molecule has 1 aromatic carbocycles. The molecule has 0 unspecified atom stereocenters. The van der Waals surface area contributed by atoms with Crippen molar-refractivity contribution in [3.63, 3.8) is 0 Å². The van der Waals surface area contributed by atoms with E-state index in [0.29, 0.717) is 48.2 Å². The van der Waals surface area contributed by atoms with Crippen molar-refractivity contribution in [2.45, 2.75) is 17.9 Å². The van der Waals surface area contributed by atoms with E-state index in [1.807, 2.05) is 17.2 Å². The number of nitrogens with zero attached hydrogens (tertiary/aromatic N) is 2. The molecule has 0 aliphatic carbocycles. The molecule has 1 aromatic heterocycles. The van der Waals surface area contributed by atoms with E-state index in [2.05, 4.69) is 10.3 Å². The lowest BCUT2D eigenvalue weighted by molar-refractivity contribution is 0.0680. The molecule has 2 amide bonds. The van der Waals surface area contributed by atoms with Gasteiger partial charge in [-0.25, -0.2) is 4.98 Å². The number of ether oxygens (including phenoxy) is 2. The van der Waals surface area contributed by atoms with Gasteiger partial charge in [0.15, 0.2) is 11.5 Å². The van der Waals surface area contributed by atoms with Crippen molar-refractivity contribution in [1.82, 2.24) is 15.2 Å². The molecular formula is C21H23N3O4S. The molecule has 152 valence electrons. The molecule has 2 aromatic rings. The van der Waals surface area contributed by atoms with Crippen molar-refractivity contribution in [2.24, 2.45) is 5.92 Å². The number of benzene rings is 1. The number of pyridine rings is 1. The van der Waals surface area contributed by atoms with Gasteiger partial charge in [-0.15, -0.1) is 11.8 Å². The lowest BCUT2D eigenvalue weighted by Gasteiger charge is -2.32. The number of hydrogen-bond acceptors (Lipinski definition) is 6. The lowest BCUT2D eigenvalue weighted by atomic mass is 9.96. The number of carbonyl (C=O) groups is 2. The van der Waals surface area contributed by atoms with E-state index >= 15 is 0 Å². The molecule has 0 atom stereocenters. The van der Waals surface area contributed by atoms with Gasteiger partial charge < -0.3 is 19.7 Å². The van der Waals surface area contributed by atoms with Crippen LogP contribution in [0.3, 0.4) is 0 Å². The van der Waals surface area contributed by atoms with Gasteiger partial charge >= 0.3 is 0 Å². The quantitative estimate of drug-likeness (QED) is 0.760. The first-order valence-electron chi connectivity index (χ1n) is 9.62. The van der Waals surface area contributed by atoms with Crippen LogP contribution < -0.4 is 14.8 Å². The van der Waals surface area contributed by atoms with Crippen molar-refractivity contribution >= 4 is 23.6 Å². The number of aromatic nitrogens is 1. The average Bonchev–Trinajstić information content (AvgIpc) is 3.25. The second kappa shape index (κ2) is 8.73. The zero-order valence-corrected chi connectivity index (χ0v) is 17.0. The Morgan fingerprint density at radius 2 is 2.00 bits per heavy atom. The van der Waals surface area contributed by atoms with Gasteiger partial charge in [0.25, 0.3) is 11.8 Å². The second-order valence-electron chi connectivity index (χ2n) is 7.07. The summed E-state index contributed by atoms with van der Waals surface area (Å²) in [4.78, 5) is 31.4. The third-order valence-corrected chi connectivity index (χ3v) is 5.99. The number of rotatable bonds is 5. The standard InChI is InChI=1S/C21H23N3O4S/c1-29-20-16(3-2-8-22-20)21(26)24-9-6-14(7-10-24)12-23-19(25)15-4-5-17-18(11-15)28-13-27-17/h2-5,8,11,14H,6-7,9-10,12-13H2,1H3,(H,23,25). The molecule has 1 N–H and O–H groups in total. The van der Waals surface area contributed by atoms with Gasteiger partial charge in [0, 0.05) is 31.4 Å². The Hall–Kier alpha value is -2.74. The summed E-state index contributed by atoms with van der Waals surface area (Å²) in [5.41, 5.74) is 1.22. The third-order valence-electron chi connectivity index (χ3n) is 5.28. The van der Waals surface area contributed by atoms with E-state index in [4.69, 9.17) is 9.47 Å². The Balaban J connectivity index is 1.28. The van der Waals surface area contributed by atoms with E-state index in [1.54, 1.807) is 30.5 Å². The smallest absolute Gasteiger partial charge is 0.256 e. The number of fused-ring (bicyclic) bond motifs is 1. The molecule has 0 spiro atoms. The lowest BCUT2D eigenvalue weighted by Crippen LogP contribution is -2.41. The molecule has 3 heterocycles. The highest BCUT2D eigenvalue weighted by Crippen LogP contribution is 2.32. The summed E-state index contributed by atoms with van der Waals surface area (Å²) in [7, 11) is 0. The monoisotopic (exact) mass is 413 g/mol. The van der Waals surface area contributed by atoms with Crippen LogP contribution in [0.25, 0.3) is 0 Å². The van der Waals surface area contributed by atoms with Gasteiger partial charge in [-0.1, -0.05) is 0 Å². The first-order chi connectivity index (χ1) is 14.2. The zero-order chi connectivity index (χ0) is 20.2. The predicted octanol–water partition coefficient (Wildman–Crippen LogP) is 2.81. The molecule has 0 bridgehead atoms. The van der Waals surface area contributed by atoms with Crippen LogP contribution in [0.5, 0.6) is 11.5 Å². The van der Waals surface area contributed by atoms with Gasteiger partial charge in [0.05, 0.1) is 5.56 Å². The summed E-state index contributed by atoms with van der Waals surface area (Å²) in [5.74, 6) is 1.53. The topological polar surface area (TPSA) is 80.8 Å². The minimum atomic E-state index is -0.123. The summed E-state index contributed by atoms with van der Waals surface area (Å²) in [6.45, 7) is 2.16. The van der Waals surface area contributed by atoms with Crippen molar-refractivity contribution < 1.29 is 19.1 Å². The molecular weight excluding hydrogens is 390 g/mol. The van der Waals surface area contributed by atoms with Crippen LogP contribution in [0.15, 0.2) is 41.6 Å². The highest BCUT2D eigenvalue weighted by atomic mass is 32.2. The maximum atomic E-state index is 12.8. The Morgan fingerprint density at radius 1 is 1.21 bits per heavy atom. The largest absolute Gasteiger partial charge is 0.454 e. The summed E-state index contributed by atoms with van der Waals surface area (Å²) >= 11 is 1.48. The number of nitrogens with one attached hydrogen (secondary N) is 1. The fraction of sp³-hybridized carbons (Fsp3) is 0.381. The third kappa shape index (κ3) is 4.32. The fourth-order valence-corrected chi connectivity index (χ4v) is 4.15. The van der Waals surface area contributed by atoms with Crippen LogP contribution in [-0.2, 0) is 0 Å². The average molecular weight is 413 g/mol. The SMILES string of the molecule is CSc1ncccc1C(=O)N1CCC(CNC(=O)c2ccc3c(c2)OCO3)CC1. The van der Waals surface area contributed by atoms with E-state index in [1.165, 1.54) is 11.8 Å². The fourth-order valence-electron chi connectivity index (χ4n) is 3.60. The van der Waals surface area contributed by atoms with Crippen molar-refractivity contribution in [3.8, 4) is 11.5 Å². The van der Waals surface area contributed by atoms with Crippen molar-refractivity contribution in [3.05, 3.63) is 47.7 Å². The van der Waals surface area contributed by atoms with Crippen LogP contribution in [0, 0.1) is 5.92 Å². The highest BCUT2D eigenvalue weighted by molar-refractivity contribution is 7.98. The van der Waals surface area contributed by atoms with Gasteiger partial charge in [-0.05, 0) is 55.3 Å². The Bertz CT molecular complexity index is 913. The van der Waals surface area contributed by atoms with Crippen LogP contribution in [0.1, 0.15) is 33.6 Å². The van der Waals surface area contributed by atoms with Crippen LogP contribution in [0.4, 0.5) is 0 Å². The van der Waals surface area contributed by atoms with Crippen molar-refractivity contribution in [2.75, 3.05) is 32.7 Å². The maximum Gasteiger partial charge on any atom is 0.256 e. The molecule has 8 heteroatoms. The molecule has 0 radical (unpaired) electrons. The molecule has 2 aliphatic heterocycles. The van der Waals surface area contributed by atoms with Gasteiger partial charge in [-0.3, -0.25) is 9.59 Å². The molecule has 2 aliphatic rings. The summed E-state index contributed by atoms with van der Waals surface area (Å²) < 4.78 is 10.6. The predicted molar refractivity (Wildman–Crippen MR) is 110 cm³/mol. The van der Waals surface area contributed by atoms with Crippen LogP contribution in [-0.4, -0.2) is 54.4 Å². The number of piperidine rings is 1. The molecule has 29 heavy (non-hydrogen) atoms. The number of hydrogen-bond donors (Lipinski definition) is 1. The second-order valence-corrected chi connectivity index (χ2v) is 7.87. The number of carbonyl (C=O) groups excluding carboxylic acids is 2. The van der Waals surface area contributed by atoms with Crippen LogP contribution >= 0.6 is 11.8 Å². The first kappa shape index (κ1) is 19.6. The normalized spacial score (nSPS) is 16.0. The Morgan fingerprint density at radius 3 is 2.79 bits per heavy atom. The zero-order valence-electron chi connectivity index (χ0n) is 16.2. The van der Waals surface area contributed by atoms with E-state index < -0.39 is 0 Å². The summed E-state index contributed by atoms with van der Waals surface area (Å²) in [6, 6.07) is 8.82. The molecule has 7 nitrogen and oxygen atoms in total. The number of amides is 2. The number of thioether (sulfide) groups is 1. The highest BCUT2D eigenvalue weighted by Gasteiger charge is 2.26. The molecule has 0 saturated carbocycles. The minimum absolute atomic E-state index is 0.0327. The summed E-state index contributed by atoms with van der Waals surface area (Å²) in [6.07, 6.45) is 5.36. The Kier molecular flexibility index (Phi) is 5.89. The molecule has 1 fully saturated rings. The van der Waals surface area contributed by atoms with Crippen LogP contribution in [0.2, 0.25) is 0 Å². The number of likely N-dealkylation sites (tertiary alicyclic amines) is 1. The molecule has 4 rings (SSSR count). The van der Waals surface area contributed by atoms with Gasteiger partial charge in [-0.2, -0.15) is 0 Å². The van der Waals surface area contributed by atoms with Gasteiger partial charge in [0.1, 0.15) is 5.03 Å². The molecule has 1 saturated heterocycles. The van der Waals surface area contributed by atoms with E-state index in [-0.39, 0.29) is 18.6 Å². The minimum Gasteiger partial charge on any atom is -0.454 e. The summed E-state index contributed by atoms with van der Waals surface area (Å²) in [5, 5.41) is 3.76. The van der Waals surface area contributed by atoms with E-state index in [9.17, 15) is 9.59 Å². The van der Waals surface area contributed by atoms with Gasteiger partial charge in [0.2, 0.25) is 6.79 Å². The van der Waals surface area contributed by atoms with E-state index in [0.717, 1.165) is 17.9 Å². The maximum absolute atomic E-state index is 12.8. The Labute approximate surface area is 173 Å². The van der Waals surface area contributed by atoms with Crippen molar-refractivity contribution in [1.29, 1.82) is 0 Å². The first-order valence-corrected chi connectivity index (χ1v) is 10.8.